The van der Waals surface area contributed by atoms with Crippen molar-refractivity contribution in [2.24, 2.45) is 5.10 Å². The number of carbonyl (C=O) groups is 1. The molecule has 0 aliphatic heterocycles. The van der Waals surface area contributed by atoms with Gasteiger partial charge in [0, 0.05) is 9.86 Å². The number of carbonyl (C=O) groups excluding carboxylic acids is 1. The first kappa shape index (κ1) is 25.5. The molecule has 0 unspecified atom stereocenters. The number of hydrazone groups is 1. The minimum atomic E-state index is -0.460. The lowest BCUT2D eigenvalue weighted by Gasteiger charge is -2.14. The molecule has 3 aromatic carbocycles. The van der Waals surface area contributed by atoms with E-state index in [2.05, 4.69) is 55.1 Å². The van der Waals surface area contributed by atoms with Crippen molar-refractivity contribution < 1.29 is 18.7 Å². The molecule has 0 saturated carbocycles. The number of aryl methyl sites for hydroxylation is 1. The van der Waals surface area contributed by atoms with E-state index in [1.54, 1.807) is 18.2 Å². The number of ether oxygens (including phenoxy) is 2. The van der Waals surface area contributed by atoms with E-state index < -0.39 is 5.91 Å². The predicted molar refractivity (Wildman–Crippen MR) is 150 cm³/mol. The Balaban J connectivity index is 1.48. The lowest BCUT2D eigenvalue weighted by atomic mass is 10.1. The van der Waals surface area contributed by atoms with Crippen LogP contribution in [0.5, 0.6) is 11.5 Å². The van der Waals surface area contributed by atoms with E-state index in [4.69, 9.17) is 25.5 Å². The summed E-state index contributed by atoms with van der Waals surface area (Å²) in [5.74, 6) is 0.664. The van der Waals surface area contributed by atoms with Crippen molar-refractivity contribution in [1.29, 1.82) is 0 Å². The molecule has 0 bridgehead atoms. The molecule has 0 fully saturated rings. The van der Waals surface area contributed by atoms with Gasteiger partial charge in [-0.15, -0.1) is 0 Å². The SMILES string of the molecule is CCOc1cc(/C=N\NC(=O)c2cc3cc(Br)cc(I)c3o2)cc(Cl)c1OCc1cccc(C)c1. The van der Waals surface area contributed by atoms with Crippen molar-refractivity contribution in [3.05, 3.63) is 90.1 Å². The van der Waals surface area contributed by atoms with E-state index in [9.17, 15) is 4.79 Å². The molecule has 0 atom stereocenters. The third-order valence-corrected chi connectivity index (χ3v) is 6.48. The Bertz CT molecular complexity index is 1420. The molecule has 0 saturated heterocycles. The molecule has 9 heteroatoms. The number of rotatable bonds is 8. The first-order chi connectivity index (χ1) is 16.8. The molecule has 1 amide bonds. The largest absolute Gasteiger partial charge is 0.490 e. The number of furan rings is 1. The van der Waals surface area contributed by atoms with Crippen LogP contribution < -0.4 is 14.9 Å². The quantitative estimate of drug-likeness (QED) is 0.120. The normalized spacial score (nSPS) is 11.2. The Morgan fingerprint density at radius 3 is 2.80 bits per heavy atom. The number of fused-ring (bicyclic) bond motifs is 1. The highest BCUT2D eigenvalue weighted by atomic mass is 127. The molecule has 1 heterocycles. The summed E-state index contributed by atoms with van der Waals surface area (Å²) in [6, 6.07) is 17.0. The molecule has 4 rings (SSSR count). The number of amides is 1. The maximum Gasteiger partial charge on any atom is 0.307 e. The van der Waals surface area contributed by atoms with E-state index in [1.807, 2.05) is 44.2 Å². The summed E-state index contributed by atoms with van der Waals surface area (Å²) in [5, 5.41) is 5.26. The number of nitrogens with zero attached hydrogens (tertiary/aromatic N) is 1. The highest BCUT2D eigenvalue weighted by Crippen LogP contribution is 2.37. The molecule has 180 valence electrons. The molecule has 1 N–H and O–H groups in total. The number of hydrogen-bond acceptors (Lipinski definition) is 5. The fourth-order valence-corrected chi connectivity index (χ4v) is 5.37. The van der Waals surface area contributed by atoms with Crippen LogP contribution in [-0.2, 0) is 6.61 Å². The van der Waals surface area contributed by atoms with Crippen LogP contribution in [0.15, 0.2) is 68.6 Å². The smallest absolute Gasteiger partial charge is 0.307 e. The Labute approximate surface area is 229 Å². The molecular formula is C26H21BrClIN2O4. The summed E-state index contributed by atoms with van der Waals surface area (Å²) in [7, 11) is 0. The minimum absolute atomic E-state index is 0.168. The van der Waals surface area contributed by atoms with Crippen LogP contribution in [0, 0.1) is 10.5 Å². The molecule has 6 nitrogen and oxygen atoms in total. The number of nitrogens with one attached hydrogen (secondary N) is 1. The van der Waals surface area contributed by atoms with Crippen molar-refractivity contribution in [2.75, 3.05) is 6.61 Å². The monoisotopic (exact) mass is 666 g/mol. The summed E-state index contributed by atoms with van der Waals surface area (Å²) in [6.07, 6.45) is 1.49. The van der Waals surface area contributed by atoms with Crippen molar-refractivity contribution in [2.45, 2.75) is 20.5 Å². The fourth-order valence-electron chi connectivity index (χ4n) is 3.43. The Morgan fingerprint density at radius 2 is 2.03 bits per heavy atom. The van der Waals surface area contributed by atoms with Gasteiger partial charge in [-0.3, -0.25) is 4.79 Å². The van der Waals surface area contributed by atoms with Gasteiger partial charge in [0.25, 0.3) is 0 Å². The fraction of sp³-hybridized carbons (Fsp3) is 0.154. The van der Waals surface area contributed by atoms with Crippen molar-refractivity contribution in [3.8, 4) is 11.5 Å². The molecule has 1 aromatic heterocycles. The predicted octanol–water partition coefficient (Wildman–Crippen LogP) is 7.50. The zero-order chi connectivity index (χ0) is 24.9. The molecular weight excluding hydrogens is 647 g/mol. The van der Waals surface area contributed by atoms with Gasteiger partial charge in [-0.2, -0.15) is 5.10 Å². The van der Waals surface area contributed by atoms with Crippen LogP contribution in [0.1, 0.15) is 34.2 Å². The van der Waals surface area contributed by atoms with E-state index in [0.717, 1.165) is 24.6 Å². The first-order valence-electron chi connectivity index (χ1n) is 10.7. The molecule has 35 heavy (non-hydrogen) atoms. The second kappa shape index (κ2) is 11.5. The molecule has 4 aromatic rings. The average molecular weight is 668 g/mol. The second-order valence-electron chi connectivity index (χ2n) is 7.66. The summed E-state index contributed by atoms with van der Waals surface area (Å²) < 4.78 is 19.2. The van der Waals surface area contributed by atoms with Crippen molar-refractivity contribution in [1.82, 2.24) is 5.43 Å². The van der Waals surface area contributed by atoms with Crippen LogP contribution in [0.2, 0.25) is 5.02 Å². The van der Waals surface area contributed by atoms with E-state index >= 15 is 0 Å². The van der Waals surface area contributed by atoms with Gasteiger partial charge in [0.1, 0.15) is 12.2 Å². The number of benzene rings is 3. The van der Waals surface area contributed by atoms with Crippen molar-refractivity contribution in [3.63, 3.8) is 0 Å². The molecule has 0 aliphatic rings. The van der Waals surface area contributed by atoms with Gasteiger partial charge in [-0.25, -0.2) is 5.43 Å². The highest BCUT2D eigenvalue weighted by Gasteiger charge is 2.15. The Hall–Kier alpha value is -2.56. The zero-order valence-corrected chi connectivity index (χ0v) is 23.4. The Kier molecular flexibility index (Phi) is 8.35. The third kappa shape index (κ3) is 6.36. The van der Waals surface area contributed by atoms with Gasteiger partial charge in [-0.05, 0) is 77.9 Å². The topological polar surface area (TPSA) is 73.1 Å². The minimum Gasteiger partial charge on any atom is -0.490 e. The molecule has 0 radical (unpaired) electrons. The van der Waals surface area contributed by atoms with Gasteiger partial charge in [0.2, 0.25) is 0 Å². The maximum absolute atomic E-state index is 12.5. The molecule has 0 spiro atoms. The zero-order valence-electron chi connectivity index (χ0n) is 18.9. The number of hydrogen-bond donors (Lipinski definition) is 1. The first-order valence-corrected chi connectivity index (χ1v) is 13.0. The van der Waals surface area contributed by atoms with Crippen LogP contribution in [0.4, 0.5) is 0 Å². The van der Waals surface area contributed by atoms with Gasteiger partial charge in [0.15, 0.2) is 17.3 Å². The van der Waals surface area contributed by atoms with Gasteiger partial charge in [0.05, 0.1) is 21.4 Å². The summed E-state index contributed by atoms with van der Waals surface area (Å²) in [6.45, 7) is 4.71. The van der Waals surface area contributed by atoms with Crippen LogP contribution in [0.3, 0.4) is 0 Å². The summed E-state index contributed by atoms with van der Waals surface area (Å²) in [5.41, 5.74) is 5.97. The average Bonchev–Trinajstić information content (AvgIpc) is 3.23. The van der Waals surface area contributed by atoms with Gasteiger partial charge < -0.3 is 13.9 Å². The summed E-state index contributed by atoms with van der Waals surface area (Å²) >= 11 is 12.1. The maximum atomic E-state index is 12.5. The highest BCUT2D eigenvalue weighted by molar-refractivity contribution is 14.1. The second-order valence-corrected chi connectivity index (χ2v) is 10.1. The third-order valence-electron chi connectivity index (χ3n) is 4.94. The van der Waals surface area contributed by atoms with E-state index in [1.165, 1.54) is 6.21 Å². The van der Waals surface area contributed by atoms with E-state index in [-0.39, 0.29) is 5.76 Å². The lowest BCUT2D eigenvalue weighted by molar-refractivity contribution is 0.0929. The van der Waals surface area contributed by atoms with Gasteiger partial charge in [-0.1, -0.05) is 57.4 Å². The molecule has 0 aliphatic carbocycles. The standard InChI is InChI=1S/C26H21BrClIN2O4/c1-3-33-22-9-17(8-20(28)25(22)34-14-16-6-4-5-15(2)7-16)13-30-31-26(32)23-11-18-10-19(27)12-21(29)24(18)35-23/h4-13H,3,14H2,1-2H3,(H,31,32)/b30-13-. The van der Waals surface area contributed by atoms with Crippen molar-refractivity contribution >= 4 is 73.2 Å². The summed E-state index contributed by atoms with van der Waals surface area (Å²) in [4.78, 5) is 12.5. The lowest BCUT2D eigenvalue weighted by Crippen LogP contribution is -2.16. The van der Waals surface area contributed by atoms with Crippen LogP contribution in [-0.4, -0.2) is 18.7 Å². The van der Waals surface area contributed by atoms with E-state index in [0.29, 0.717) is 40.9 Å². The Morgan fingerprint density at radius 1 is 1.20 bits per heavy atom. The number of halogens is 3. The van der Waals surface area contributed by atoms with Crippen LogP contribution in [0.25, 0.3) is 11.0 Å². The van der Waals surface area contributed by atoms with Gasteiger partial charge >= 0.3 is 5.91 Å². The van der Waals surface area contributed by atoms with Crippen LogP contribution >= 0.6 is 50.1 Å².